The number of benzene rings is 1. The Hall–Kier alpha value is -3.90. The van der Waals surface area contributed by atoms with Crippen molar-refractivity contribution >= 4 is 5.91 Å². The lowest BCUT2D eigenvalue weighted by Crippen LogP contribution is -2.58. The minimum Gasteiger partial charge on any atom is -0.497 e. The topological polar surface area (TPSA) is 116 Å². The highest BCUT2D eigenvalue weighted by Crippen LogP contribution is 2.52. The molecule has 0 radical (unpaired) electrons. The van der Waals surface area contributed by atoms with Crippen LogP contribution in [0.2, 0.25) is 0 Å². The van der Waals surface area contributed by atoms with Crippen LogP contribution in [0.1, 0.15) is 39.5 Å². The highest BCUT2D eigenvalue weighted by molar-refractivity contribution is 5.94. The Labute approximate surface area is 235 Å². The normalized spacial score (nSPS) is 31.3. The molecule has 2 saturated heterocycles. The summed E-state index contributed by atoms with van der Waals surface area (Å²) in [6.45, 7) is 9.46. The first-order valence-electron chi connectivity index (χ1n) is 14.1. The molecule has 1 aromatic heterocycles. The monoisotopic (exact) mass is 542 g/mol. The van der Waals surface area contributed by atoms with E-state index in [2.05, 4.69) is 35.3 Å². The van der Waals surface area contributed by atoms with E-state index in [9.17, 15) is 15.2 Å². The van der Waals surface area contributed by atoms with Crippen LogP contribution in [0.3, 0.4) is 0 Å². The number of amides is 1. The quantitative estimate of drug-likeness (QED) is 0.507. The third-order valence-electron chi connectivity index (χ3n) is 9.35. The molecular formula is C31H38N6O3. The fourth-order valence-electron chi connectivity index (χ4n) is 6.95. The van der Waals surface area contributed by atoms with Gasteiger partial charge in [-0.1, -0.05) is 30.9 Å². The molecule has 5 rings (SSSR count). The van der Waals surface area contributed by atoms with Gasteiger partial charge in [0.25, 0.3) is 0 Å². The average molecular weight is 543 g/mol. The number of fused-ring (bicyclic) bond motifs is 1. The lowest BCUT2D eigenvalue weighted by atomic mass is 9.61. The SMILES string of the molecule is C=C1/C(=C\C=C/C)NC(=O)[C@]1(CCn1cc(-c2ccc(OC)cc2)nn1)[C@@H]1C[C@H]2[C@@H](CC[C@H](O)[C@@H]2C)CN1C#N. The van der Waals surface area contributed by atoms with Crippen LogP contribution in [0, 0.1) is 34.6 Å². The first kappa shape index (κ1) is 27.7. The number of piperidine rings is 1. The lowest BCUT2D eigenvalue weighted by Gasteiger charge is -2.52. The second-order valence-corrected chi connectivity index (χ2v) is 11.3. The van der Waals surface area contributed by atoms with E-state index in [1.807, 2.05) is 55.6 Å². The summed E-state index contributed by atoms with van der Waals surface area (Å²) >= 11 is 0. The average Bonchev–Trinajstić information content (AvgIpc) is 3.55. The van der Waals surface area contributed by atoms with Crippen LogP contribution in [0.15, 0.2) is 66.5 Å². The highest BCUT2D eigenvalue weighted by Gasteiger charge is 2.58. The number of allylic oxidation sites excluding steroid dienone is 4. The number of aryl methyl sites for hydroxylation is 1. The summed E-state index contributed by atoms with van der Waals surface area (Å²) in [5.74, 6) is 1.29. The second kappa shape index (κ2) is 11.3. The van der Waals surface area contributed by atoms with E-state index in [1.54, 1.807) is 16.7 Å². The van der Waals surface area contributed by atoms with Crippen molar-refractivity contribution in [1.82, 2.24) is 25.2 Å². The first-order chi connectivity index (χ1) is 19.3. The van der Waals surface area contributed by atoms with Gasteiger partial charge in [0.15, 0.2) is 6.19 Å². The number of ether oxygens (including phenoxy) is 1. The zero-order valence-electron chi connectivity index (χ0n) is 23.5. The summed E-state index contributed by atoms with van der Waals surface area (Å²) in [5.41, 5.74) is 1.99. The van der Waals surface area contributed by atoms with E-state index in [4.69, 9.17) is 4.74 Å². The van der Waals surface area contributed by atoms with Gasteiger partial charge < -0.3 is 20.1 Å². The van der Waals surface area contributed by atoms with Gasteiger partial charge in [0.2, 0.25) is 5.91 Å². The highest BCUT2D eigenvalue weighted by atomic mass is 16.5. The minimum atomic E-state index is -1.03. The molecule has 2 aliphatic heterocycles. The largest absolute Gasteiger partial charge is 0.497 e. The van der Waals surface area contributed by atoms with Crippen LogP contribution in [-0.2, 0) is 11.3 Å². The van der Waals surface area contributed by atoms with Gasteiger partial charge in [0.05, 0.1) is 30.9 Å². The van der Waals surface area contributed by atoms with Crippen molar-refractivity contribution in [2.75, 3.05) is 13.7 Å². The Bertz CT molecular complexity index is 1360. The number of carbonyl (C=O) groups excluding carboxylic acids is 1. The number of nitrogens with one attached hydrogen (secondary N) is 1. The van der Waals surface area contributed by atoms with Gasteiger partial charge >= 0.3 is 0 Å². The molecule has 2 aromatic rings. The number of hydrogen-bond donors (Lipinski definition) is 2. The van der Waals surface area contributed by atoms with Gasteiger partial charge in [-0.15, -0.1) is 5.10 Å². The van der Waals surface area contributed by atoms with Gasteiger partial charge in [-0.3, -0.25) is 9.48 Å². The van der Waals surface area contributed by atoms with Gasteiger partial charge in [0.1, 0.15) is 11.4 Å². The van der Waals surface area contributed by atoms with Crippen molar-refractivity contribution in [3.8, 4) is 23.2 Å². The van der Waals surface area contributed by atoms with Gasteiger partial charge in [-0.2, -0.15) is 5.26 Å². The number of carbonyl (C=O) groups is 1. The number of likely N-dealkylation sites (tertiary alicyclic amines) is 1. The summed E-state index contributed by atoms with van der Waals surface area (Å²) in [7, 11) is 1.63. The van der Waals surface area contributed by atoms with E-state index in [0.29, 0.717) is 43.1 Å². The minimum absolute atomic E-state index is 0.109. The molecule has 3 aliphatic rings. The van der Waals surface area contributed by atoms with Crippen molar-refractivity contribution in [3.63, 3.8) is 0 Å². The Balaban J connectivity index is 1.47. The van der Waals surface area contributed by atoms with Crippen LogP contribution < -0.4 is 10.1 Å². The molecule has 1 aromatic carbocycles. The molecule has 3 fully saturated rings. The number of aliphatic hydroxyl groups is 1. The van der Waals surface area contributed by atoms with E-state index >= 15 is 0 Å². The van der Waals surface area contributed by atoms with E-state index in [-0.39, 0.29) is 29.9 Å². The molecule has 40 heavy (non-hydrogen) atoms. The fraction of sp³-hybridized carbons (Fsp3) is 0.484. The number of nitriles is 1. The Morgan fingerprint density at radius 3 is 2.80 bits per heavy atom. The molecule has 9 nitrogen and oxygen atoms in total. The van der Waals surface area contributed by atoms with Gasteiger partial charge in [-0.25, -0.2) is 0 Å². The number of rotatable bonds is 7. The molecule has 210 valence electrons. The zero-order chi connectivity index (χ0) is 28.4. The van der Waals surface area contributed by atoms with Crippen molar-refractivity contribution in [3.05, 3.63) is 66.5 Å². The Morgan fingerprint density at radius 1 is 1.32 bits per heavy atom. The van der Waals surface area contributed by atoms with E-state index in [1.165, 1.54) is 0 Å². The van der Waals surface area contributed by atoms with E-state index in [0.717, 1.165) is 29.8 Å². The molecule has 0 spiro atoms. The summed E-state index contributed by atoms with van der Waals surface area (Å²) in [6, 6.07) is 7.25. The maximum atomic E-state index is 14.0. The summed E-state index contributed by atoms with van der Waals surface area (Å²) in [5, 5.41) is 32.7. The summed E-state index contributed by atoms with van der Waals surface area (Å²) in [4.78, 5) is 15.8. The number of aliphatic hydroxyl groups excluding tert-OH is 1. The smallest absolute Gasteiger partial charge is 0.237 e. The van der Waals surface area contributed by atoms with Gasteiger partial charge in [0, 0.05) is 24.4 Å². The maximum Gasteiger partial charge on any atom is 0.237 e. The van der Waals surface area contributed by atoms with Crippen LogP contribution in [0.4, 0.5) is 0 Å². The third-order valence-corrected chi connectivity index (χ3v) is 9.35. The first-order valence-corrected chi connectivity index (χ1v) is 14.1. The molecule has 2 N–H and O–H groups in total. The van der Waals surface area contributed by atoms with Crippen LogP contribution in [0.25, 0.3) is 11.3 Å². The Kier molecular flexibility index (Phi) is 7.81. The summed E-state index contributed by atoms with van der Waals surface area (Å²) in [6.07, 6.45) is 12.3. The predicted molar refractivity (Wildman–Crippen MR) is 151 cm³/mol. The molecule has 1 saturated carbocycles. The van der Waals surface area contributed by atoms with Crippen LogP contribution in [0.5, 0.6) is 5.75 Å². The maximum absolute atomic E-state index is 14.0. The number of hydrogen-bond acceptors (Lipinski definition) is 7. The molecule has 1 amide bonds. The van der Waals surface area contributed by atoms with Gasteiger partial charge in [-0.05, 0) is 86.3 Å². The number of nitrogens with zero attached hydrogens (tertiary/aromatic N) is 5. The standard InChI is InChI=1S/C31H38N6O3/c1-5-6-7-26-21(3)31(30(39)33-26,29-16-25-20(2)28(38)13-10-23(25)17-36(29)19-32)14-15-37-18-27(34-35-37)22-8-11-24(40-4)12-9-22/h5-9,11-12,18,20,23,25,28-29,38H,3,10,13-17H2,1-2,4H3,(H,33,39)/b6-5-,26-7+/t20-,23+,25-,28+,29+,31+/m1/s1. The number of methoxy groups -OCH3 is 1. The van der Waals surface area contributed by atoms with E-state index < -0.39 is 5.41 Å². The molecule has 3 heterocycles. The number of aromatic nitrogens is 3. The van der Waals surface area contributed by atoms with Crippen molar-refractivity contribution < 1.29 is 14.6 Å². The van der Waals surface area contributed by atoms with Crippen LogP contribution in [-0.4, -0.2) is 56.7 Å². The molecule has 0 bridgehead atoms. The Morgan fingerprint density at radius 2 is 2.10 bits per heavy atom. The second-order valence-electron chi connectivity index (χ2n) is 11.3. The van der Waals surface area contributed by atoms with Crippen molar-refractivity contribution in [2.45, 2.75) is 58.2 Å². The third kappa shape index (κ3) is 4.81. The fourth-order valence-corrected chi connectivity index (χ4v) is 6.95. The molecular weight excluding hydrogens is 504 g/mol. The zero-order valence-corrected chi connectivity index (χ0v) is 23.5. The van der Waals surface area contributed by atoms with Crippen molar-refractivity contribution in [1.29, 1.82) is 5.26 Å². The predicted octanol–water partition coefficient (Wildman–Crippen LogP) is 4.05. The molecule has 0 unspecified atom stereocenters. The van der Waals surface area contributed by atoms with Crippen molar-refractivity contribution in [2.24, 2.45) is 23.2 Å². The lowest BCUT2D eigenvalue weighted by molar-refractivity contribution is -0.133. The van der Waals surface area contributed by atoms with Crippen LogP contribution >= 0.6 is 0 Å². The molecule has 9 heteroatoms. The summed E-state index contributed by atoms with van der Waals surface area (Å²) < 4.78 is 7.01. The molecule has 6 atom stereocenters. The molecule has 1 aliphatic carbocycles.